The summed E-state index contributed by atoms with van der Waals surface area (Å²) in [5, 5.41) is 0. The molecule has 0 amide bonds. The zero-order valence-corrected chi connectivity index (χ0v) is 19.2. The van der Waals surface area contributed by atoms with Gasteiger partial charge in [-0.25, -0.2) is 0 Å². The molecule has 4 heteroatoms. The summed E-state index contributed by atoms with van der Waals surface area (Å²) in [6, 6.07) is 4.25. The van der Waals surface area contributed by atoms with Crippen LogP contribution in [0, 0.1) is 0 Å². The molecule has 0 bridgehead atoms. The lowest BCUT2D eigenvalue weighted by Gasteiger charge is -2.06. The van der Waals surface area contributed by atoms with Gasteiger partial charge in [-0.15, -0.1) is 0 Å². The van der Waals surface area contributed by atoms with E-state index in [9.17, 15) is 0 Å². The lowest BCUT2D eigenvalue weighted by molar-refractivity contribution is 0.126. The van der Waals surface area contributed by atoms with Crippen LogP contribution in [0.3, 0.4) is 0 Å². The molecule has 0 unspecified atom stereocenters. The van der Waals surface area contributed by atoms with Crippen molar-refractivity contribution in [3.8, 4) is 11.3 Å². The van der Waals surface area contributed by atoms with Gasteiger partial charge in [0, 0.05) is 36.9 Å². The van der Waals surface area contributed by atoms with Gasteiger partial charge in [0.05, 0.1) is 17.6 Å². The first-order chi connectivity index (χ1) is 14.8. The Labute approximate surface area is 183 Å². The Kier molecular flexibility index (Phi) is 13.0. The lowest BCUT2D eigenvalue weighted by Crippen LogP contribution is -1.99. The Bertz CT molecular complexity index is 655. The van der Waals surface area contributed by atoms with Gasteiger partial charge in [-0.05, 0) is 50.7 Å². The van der Waals surface area contributed by atoms with Crippen LogP contribution < -0.4 is 0 Å². The van der Waals surface area contributed by atoms with Crippen LogP contribution >= 0.6 is 0 Å². The Hall–Kier alpha value is -1.81. The Balaban J connectivity index is 1.64. The molecule has 2 aromatic rings. The highest BCUT2D eigenvalue weighted by Crippen LogP contribution is 2.16. The molecule has 2 aromatic heterocycles. The molecule has 0 aliphatic heterocycles. The summed E-state index contributed by atoms with van der Waals surface area (Å²) < 4.78 is 5.70. The van der Waals surface area contributed by atoms with Gasteiger partial charge in [0.15, 0.2) is 0 Å². The third-order valence-corrected chi connectivity index (χ3v) is 5.48. The maximum absolute atomic E-state index is 5.70. The van der Waals surface area contributed by atoms with Crippen molar-refractivity contribution in [3.05, 3.63) is 42.1 Å². The fraction of sp³-hybridized carbons (Fsp3) is 0.654. The summed E-state index contributed by atoms with van der Waals surface area (Å²) >= 11 is 0. The van der Waals surface area contributed by atoms with Gasteiger partial charge in [-0.3, -0.25) is 15.0 Å². The third kappa shape index (κ3) is 10.3. The highest BCUT2D eigenvalue weighted by Gasteiger charge is 2.03. The molecule has 166 valence electrons. The van der Waals surface area contributed by atoms with Gasteiger partial charge in [0.2, 0.25) is 0 Å². The van der Waals surface area contributed by atoms with E-state index in [0.717, 1.165) is 55.8 Å². The van der Waals surface area contributed by atoms with Gasteiger partial charge >= 0.3 is 0 Å². The van der Waals surface area contributed by atoms with Crippen molar-refractivity contribution in [1.29, 1.82) is 0 Å². The molecule has 0 saturated heterocycles. The van der Waals surface area contributed by atoms with E-state index >= 15 is 0 Å². The van der Waals surface area contributed by atoms with Crippen molar-refractivity contribution < 1.29 is 4.74 Å². The van der Waals surface area contributed by atoms with Crippen LogP contribution in [-0.4, -0.2) is 28.2 Å². The molecule has 0 fully saturated rings. The monoisotopic (exact) mass is 411 g/mol. The largest absolute Gasteiger partial charge is 0.381 e. The number of aromatic nitrogens is 3. The first kappa shape index (κ1) is 24.5. The summed E-state index contributed by atoms with van der Waals surface area (Å²) in [7, 11) is 0. The van der Waals surface area contributed by atoms with Gasteiger partial charge in [-0.1, -0.05) is 58.8 Å². The zero-order chi connectivity index (χ0) is 21.3. The van der Waals surface area contributed by atoms with Gasteiger partial charge in [0.25, 0.3) is 0 Å². The molecule has 2 heterocycles. The normalized spacial score (nSPS) is 11.1. The molecular weight excluding hydrogens is 370 g/mol. The number of aryl methyl sites for hydroxylation is 2. The lowest BCUT2D eigenvalue weighted by atomic mass is 10.1. The molecule has 0 atom stereocenters. The summed E-state index contributed by atoms with van der Waals surface area (Å²) in [6.07, 6.45) is 21.5. The van der Waals surface area contributed by atoms with Crippen molar-refractivity contribution in [2.75, 3.05) is 13.2 Å². The molecule has 0 aliphatic rings. The minimum atomic E-state index is 0.855. The smallest absolute Gasteiger partial charge is 0.0900 e. The van der Waals surface area contributed by atoms with E-state index < -0.39 is 0 Å². The highest BCUT2D eigenvalue weighted by molar-refractivity contribution is 5.56. The number of pyridine rings is 1. The van der Waals surface area contributed by atoms with Crippen LogP contribution in [0.4, 0.5) is 0 Å². The second-order valence-electron chi connectivity index (χ2n) is 8.23. The van der Waals surface area contributed by atoms with E-state index in [2.05, 4.69) is 40.9 Å². The fourth-order valence-corrected chi connectivity index (χ4v) is 3.51. The average molecular weight is 412 g/mol. The van der Waals surface area contributed by atoms with Gasteiger partial charge < -0.3 is 4.74 Å². The van der Waals surface area contributed by atoms with Crippen LogP contribution in [0.25, 0.3) is 11.3 Å². The first-order valence-electron chi connectivity index (χ1n) is 12.2. The standard InChI is InChI=1S/C26H41N3O/c1-3-5-7-9-10-14-24-17-16-23(20-27-24)26-22-28-25(21-29-26)15-11-13-19-30-18-12-8-6-4-2/h16-17,20-22H,3-15,18-19H2,1-2H3. The molecule has 0 aromatic carbocycles. The van der Waals surface area contributed by atoms with Crippen LogP contribution in [0.2, 0.25) is 0 Å². The minimum Gasteiger partial charge on any atom is -0.381 e. The van der Waals surface area contributed by atoms with Crippen LogP contribution in [0.15, 0.2) is 30.7 Å². The zero-order valence-electron chi connectivity index (χ0n) is 19.2. The van der Waals surface area contributed by atoms with Crippen LogP contribution in [0.1, 0.15) is 95.9 Å². The van der Waals surface area contributed by atoms with Crippen molar-refractivity contribution in [2.45, 2.75) is 97.3 Å². The fourth-order valence-electron chi connectivity index (χ4n) is 3.51. The van der Waals surface area contributed by atoms with E-state index in [1.165, 1.54) is 63.5 Å². The van der Waals surface area contributed by atoms with Crippen LogP contribution in [-0.2, 0) is 17.6 Å². The number of hydrogen-bond acceptors (Lipinski definition) is 4. The maximum Gasteiger partial charge on any atom is 0.0900 e. The number of rotatable bonds is 17. The maximum atomic E-state index is 5.70. The molecule has 2 rings (SSSR count). The number of hydrogen-bond donors (Lipinski definition) is 0. The van der Waals surface area contributed by atoms with Crippen LogP contribution in [0.5, 0.6) is 0 Å². The summed E-state index contributed by atoms with van der Waals surface area (Å²) in [5.41, 5.74) is 4.17. The summed E-state index contributed by atoms with van der Waals surface area (Å²) in [6.45, 7) is 6.25. The van der Waals surface area contributed by atoms with Crippen molar-refractivity contribution in [2.24, 2.45) is 0 Å². The minimum absolute atomic E-state index is 0.855. The molecule has 0 saturated carbocycles. The second-order valence-corrected chi connectivity index (χ2v) is 8.23. The van der Waals surface area contributed by atoms with Crippen molar-refractivity contribution in [3.63, 3.8) is 0 Å². The molecule has 30 heavy (non-hydrogen) atoms. The summed E-state index contributed by atoms with van der Waals surface area (Å²) in [5.74, 6) is 0. The topological polar surface area (TPSA) is 47.9 Å². The molecule has 0 aliphatic carbocycles. The Morgan fingerprint density at radius 3 is 1.90 bits per heavy atom. The van der Waals surface area contributed by atoms with Crippen molar-refractivity contribution in [1.82, 2.24) is 15.0 Å². The Morgan fingerprint density at radius 1 is 0.600 bits per heavy atom. The SMILES string of the molecule is CCCCCCCc1ccc(-c2cnc(CCCCOCCCCCC)cn2)cn1. The molecule has 0 radical (unpaired) electrons. The first-order valence-corrected chi connectivity index (χ1v) is 12.2. The van der Waals surface area contributed by atoms with E-state index in [-0.39, 0.29) is 0 Å². The quantitative estimate of drug-likeness (QED) is 0.264. The van der Waals surface area contributed by atoms with E-state index in [4.69, 9.17) is 4.74 Å². The number of ether oxygens (including phenoxy) is 1. The van der Waals surface area contributed by atoms with Gasteiger partial charge in [0.1, 0.15) is 0 Å². The van der Waals surface area contributed by atoms with E-state index in [0.29, 0.717) is 0 Å². The Morgan fingerprint density at radius 2 is 1.23 bits per heavy atom. The van der Waals surface area contributed by atoms with E-state index in [1.54, 1.807) is 0 Å². The predicted octanol–water partition coefficient (Wildman–Crippen LogP) is 6.97. The highest BCUT2D eigenvalue weighted by atomic mass is 16.5. The van der Waals surface area contributed by atoms with Crippen molar-refractivity contribution >= 4 is 0 Å². The molecule has 0 spiro atoms. The second kappa shape index (κ2) is 16.0. The number of unbranched alkanes of at least 4 members (excludes halogenated alkanes) is 8. The predicted molar refractivity (Wildman–Crippen MR) is 126 cm³/mol. The third-order valence-electron chi connectivity index (χ3n) is 5.48. The molecular formula is C26H41N3O. The van der Waals surface area contributed by atoms with Gasteiger partial charge in [-0.2, -0.15) is 0 Å². The average Bonchev–Trinajstić information content (AvgIpc) is 2.79. The molecule has 4 nitrogen and oxygen atoms in total. The summed E-state index contributed by atoms with van der Waals surface area (Å²) in [4.78, 5) is 13.8. The number of nitrogens with zero attached hydrogens (tertiary/aromatic N) is 3. The molecule has 0 N–H and O–H groups in total. The van der Waals surface area contributed by atoms with E-state index in [1.807, 2.05) is 18.6 Å².